The molecule has 0 aliphatic rings. The van der Waals surface area contributed by atoms with Gasteiger partial charge in [0.05, 0.1) is 13.2 Å². The number of nitrogens with one attached hydrogen (secondary N) is 1. The molecule has 1 atom stereocenters. The number of ether oxygens (including phenoxy) is 1. The molecule has 4 heteroatoms. The smallest absolute Gasteiger partial charge is 0.373 e. The molecule has 0 amide bonds. The lowest BCUT2D eigenvalue weighted by molar-refractivity contribution is 0.0562. The van der Waals surface area contributed by atoms with Crippen LogP contribution >= 0.6 is 0 Å². The second-order valence-electron chi connectivity index (χ2n) is 4.74. The van der Waals surface area contributed by atoms with Crippen LogP contribution in [0.2, 0.25) is 0 Å². The molecule has 1 aromatic heterocycles. The molecule has 1 unspecified atom stereocenters. The Labute approximate surface area is 125 Å². The molecule has 0 fully saturated rings. The van der Waals surface area contributed by atoms with E-state index >= 15 is 0 Å². The van der Waals surface area contributed by atoms with Gasteiger partial charge in [0, 0.05) is 0 Å². The quantitative estimate of drug-likeness (QED) is 0.828. The number of aryl methyl sites for hydroxylation is 1. The van der Waals surface area contributed by atoms with Gasteiger partial charge in [0.2, 0.25) is 5.76 Å². The van der Waals surface area contributed by atoms with E-state index in [-0.39, 0.29) is 11.8 Å². The van der Waals surface area contributed by atoms with E-state index < -0.39 is 5.97 Å². The molecular formula is C17H21NO3. The van der Waals surface area contributed by atoms with Gasteiger partial charge in [-0.15, -0.1) is 0 Å². The van der Waals surface area contributed by atoms with Crippen LogP contribution in [0.25, 0.3) is 0 Å². The van der Waals surface area contributed by atoms with Gasteiger partial charge in [-0.25, -0.2) is 4.79 Å². The van der Waals surface area contributed by atoms with Crippen molar-refractivity contribution in [2.24, 2.45) is 0 Å². The predicted molar refractivity (Wildman–Crippen MR) is 81.4 cm³/mol. The van der Waals surface area contributed by atoms with Crippen LogP contribution in [0.15, 0.2) is 40.8 Å². The zero-order chi connectivity index (χ0) is 15.2. The molecule has 2 aromatic rings. The minimum atomic E-state index is -0.458. The highest BCUT2D eigenvalue weighted by atomic mass is 16.5. The fraction of sp³-hybridized carbons (Fsp3) is 0.353. The molecule has 0 aliphatic carbocycles. The largest absolute Gasteiger partial charge is 0.463 e. The Morgan fingerprint density at radius 2 is 2.00 bits per heavy atom. The van der Waals surface area contributed by atoms with Crippen molar-refractivity contribution >= 4 is 5.97 Å². The van der Waals surface area contributed by atoms with Gasteiger partial charge in [-0.1, -0.05) is 38.1 Å². The van der Waals surface area contributed by atoms with E-state index in [4.69, 9.17) is 4.42 Å². The van der Waals surface area contributed by atoms with Crippen LogP contribution in [0.1, 0.15) is 47.3 Å². The summed E-state index contributed by atoms with van der Waals surface area (Å²) in [5.74, 6) is 0.489. The number of rotatable bonds is 6. The van der Waals surface area contributed by atoms with Crippen LogP contribution in [-0.2, 0) is 11.2 Å². The SMILES string of the molecule is CCNC(c1ccc(C(=O)OC)o1)c1ccccc1CC. The summed E-state index contributed by atoms with van der Waals surface area (Å²) in [4.78, 5) is 11.5. The van der Waals surface area contributed by atoms with Crippen molar-refractivity contribution in [3.05, 3.63) is 59.0 Å². The number of hydrogen-bond donors (Lipinski definition) is 1. The fourth-order valence-electron chi connectivity index (χ4n) is 2.42. The molecule has 1 aromatic carbocycles. The van der Waals surface area contributed by atoms with Crippen molar-refractivity contribution in [3.8, 4) is 0 Å². The first kappa shape index (κ1) is 15.3. The van der Waals surface area contributed by atoms with Crippen LogP contribution < -0.4 is 5.32 Å². The molecule has 21 heavy (non-hydrogen) atoms. The van der Waals surface area contributed by atoms with Crippen LogP contribution in [0.3, 0.4) is 0 Å². The highest BCUT2D eigenvalue weighted by molar-refractivity contribution is 5.86. The molecule has 1 N–H and O–H groups in total. The summed E-state index contributed by atoms with van der Waals surface area (Å²) < 4.78 is 10.4. The number of esters is 1. The van der Waals surface area contributed by atoms with Crippen molar-refractivity contribution < 1.29 is 13.9 Å². The molecular weight excluding hydrogens is 266 g/mol. The van der Waals surface area contributed by atoms with Crippen LogP contribution in [-0.4, -0.2) is 19.6 Å². The third-order valence-corrected chi connectivity index (χ3v) is 3.45. The summed E-state index contributed by atoms with van der Waals surface area (Å²) in [7, 11) is 1.35. The molecule has 112 valence electrons. The Kier molecular flexibility index (Phi) is 5.17. The summed E-state index contributed by atoms with van der Waals surface area (Å²) in [5, 5.41) is 3.41. The van der Waals surface area contributed by atoms with E-state index in [0.29, 0.717) is 0 Å². The van der Waals surface area contributed by atoms with Crippen molar-refractivity contribution in [2.75, 3.05) is 13.7 Å². The normalized spacial score (nSPS) is 12.1. The van der Waals surface area contributed by atoms with E-state index in [0.717, 1.165) is 18.7 Å². The average molecular weight is 287 g/mol. The highest BCUT2D eigenvalue weighted by Crippen LogP contribution is 2.27. The first-order valence-corrected chi connectivity index (χ1v) is 7.20. The minimum absolute atomic E-state index is 0.0652. The molecule has 1 heterocycles. The highest BCUT2D eigenvalue weighted by Gasteiger charge is 2.21. The predicted octanol–water partition coefficient (Wildman–Crippen LogP) is 3.33. The summed E-state index contributed by atoms with van der Waals surface area (Å²) in [5.41, 5.74) is 2.44. The molecule has 0 radical (unpaired) electrons. The Morgan fingerprint density at radius 1 is 1.24 bits per heavy atom. The maximum Gasteiger partial charge on any atom is 0.373 e. The Morgan fingerprint density at radius 3 is 2.67 bits per heavy atom. The van der Waals surface area contributed by atoms with Crippen molar-refractivity contribution in [2.45, 2.75) is 26.3 Å². The van der Waals surface area contributed by atoms with E-state index in [1.54, 1.807) is 6.07 Å². The maximum absolute atomic E-state index is 11.5. The molecule has 0 saturated heterocycles. The van der Waals surface area contributed by atoms with Gasteiger partial charge in [-0.05, 0) is 36.2 Å². The third-order valence-electron chi connectivity index (χ3n) is 3.45. The number of methoxy groups -OCH3 is 1. The maximum atomic E-state index is 11.5. The Hall–Kier alpha value is -2.07. The Bertz CT molecular complexity index is 604. The van der Waals surface area contributed by atoms with Gasteiger partial charge in [0.1, 0.15) is 5.76 Å². The first-order valence-electron chi connectivity index (χ1n) is 7.20. The van der Waals surface area contributed by atoms with Crippen molar-refractivity contribution in [3.63, 3.8) is 0 Å². The number of carbonyl (C=O) groups is 1. The van der Waals surface area contributed by atoms with Crippen LogP contribution in [0.5, 0.6) is 0 Å². The summed E-state index contributed by atoms with van der Waals surface area (Å²) in [6.45, 7) is 4.98. The monoisotopic (exact) mass is 287 g/mol. The molecule has 0 aliphatic heterocycles. The van der Waals surface area contributed by atoms with Crippen LogP contribution in [0, 0.1) is 0 Å². The van der Waals surface area contributed by atoms with Crippen molar-refractivity contribution in [1.82, 2.24) is 5.32 Å². The fourth-order valence-corrected chi connectivity index (χ4v) is 2.42. The lowest BCUT2D eigenvalue weighted by Crippen LogP contribution is -2.22. The molecule has 0 bridgehead atoms. The first-order chi connectivity index (χ1) is 10.2. The van der Waals surface area contributed by atoms with Gasteiger partial charge >= 0.3 is 5.97 Å². The molecule has 0 spiro atoms. The molecule has 4 nitrogen and oxygen atoms in total. The topological polar surface area (TPSA) is 51.5 Å². The second kappa shape index (κ2) is 7.09. The lowest BCUT2D eigenvalue weighted by atomic mass is 9.97. The van der Waals surface area contributed by atoms with Gasteiger partial charge in [-0.2, -0.15) is 0 Å². The van der Waals surface area contributed by atoms with Gasteiger partial charge in [0.15, 0.2) is 0 Å². The summed E-state index contributed by atoms with van der Waals surface area (Å²) >= 11 is 0. The van der Waals surface area contributed by atoms with Gasteiger partial charge in [0.25, 0.3) is 0 Å². The minimum Gasteiger partial charge on any atom is -0.463 e. The number of benzene rings is 1. The second-order valence-corrected chi connectivity index (χ2v) is 4.74. The number of hydrogen-bond acceptors (Lipinski definition) is 4. The zero-order valence-electron chi connectivity index (χ0n) is 12.7. The third kappa shape index (κ3) is 3.34. The lowest BCUT2D eigenvalue weighted by Gasteiger charge is -2.19. The number of carbonyl (C=O) groups excluding carboxylic acids is 1. The standard InChI is InChI=1S/C17H21NO3/c1-4-12-8-6-7-9-13(12)16(18-5-2)14-10-11-15(21-14)17(19)20-3/h6-11,16,18H,4-5H2,1-3H3. The average Bonchev–Trinajstić information content (AvgIpc) is 3.01. The van der Waals surface area contributed by atoms with E-state index in [9.17, 15) is 4.79 Å². The number of furan rings is 1. The van der Waals surface area contributed by atoms with Gasteiger partial charge in [-0.3, -0.25) is 0 Å². The summed E-state index contributed by atoms with van der Waals surface area (Å²) in [6, 6.07) is 11.7. The van der Waals surface area contributed by atoms with Crippen LogP contribution in [0.4, 0.5) is 0 Å². The van der Waals surface area contributed by atoms with Crippen molar-refractivity contribution in [1.29, 1.82) is 0 Å². The molecule has 2 rings (SSSR count). The summed E-state index contributed by atoms with van der Waals surface area (Å²) in [6.07, 6.45) is 0.947. The Balaban J connectivity index is 2.39. The van der Waals surface area contributed by atoms with Gasteiger partial charge < -0.3 is 14.5 Å². The van der Waals surface area contributed by atoms with E-state index in [1.807, 2.05) is 25.1 Å². The van der Waals surface area contributed by atoms with E-state index in [1.165, 1.54) is 18.2 Å². The van der Waals surface area contributed by atoms with E-state index in [2.05, 4.69) is 29.1 Å². The molecule has 0 saturated carbocycles. The zero-order valence-corrected chi connectivity index (χ0v) is 12.7.